The molecule has 39 heavy (non-hydrogen) atoms. The Kier molecular flexibility index (Phi) is 10.1. The molecule has 2 aliphatic rings. The fourth-order valence-corrected chi connectivity index (χ4v) is 4.65. The Labute approximate surface area is 228 Å². The normalized spacial score (nSPS) is 16.6. The van der Waals surface area contributed by atoms with Crippen molar-refractivity contribution in [3.63, 3.8) is 0 Å². The Morgan fingerprint density at radius 3 is 2.13 bits per heavy atom. The highest BCUT2D eigenvalue weighted by atomic mass is 16.7. The summed E-state index contributed by atoms with van der Waals surface area (Å²) in [7, 11) is 0. The average molecular weight is 532 g/mol. The van der Waals surface area contributed by atoms with Gasteiger partial charge in [0.05, 0.1) is 6.10 Å². The number of rotatable bonds is 9. The van der Waals surface area contributed by atoms with E-state index in [1.165, 1.54) is 23.1 Å². The standard InChI is InChI=1S/C27H29NO3.C4H4O4/c1-3-8-22(9-4-1)27(23-10-5-2-6-11-23)31-24-12-7-16-28(19-24)17-15-21-13-14-25-26(18-21)30-20-29-25;5-3(6)1-2-4(7)8/h1-6,8-11,13-14,18,24,27H,7,12,15-17,19-20H2;1-2H,(H,5,6)(H,7,8)/b;2-1+/t24-;/m0./s1. The van der Waals surface area contributed by atoms with Crippen molar-refractivity contribution in [3.05, 3.63) is 108 Å². The number of aliphatic carboxylic acids is 2. The van der Waals surface area contributed by atoms with Crippen LogP contribution in [0.15, 0.2) is 91.0 Å². The highest BCUT2D eigenvalue weighted by molar-refractivity contribution is 5.89. The van der Waals surface area contributed by atoms with Gasteiger partial charge in [0.1, 0.15) is 6.10 Å². The Balaban J connectivity index is 0.000000386. The minimum atomic E-state index is -1.26. The van der Waals surface area contributed by atoms with Crippen LogP contribution >= 0.6 is 0 Å². The summed E-state index contributed by atoms with van der Waals surface area (Å²) in [5.74, 6) is -0.797. The maximum Gasteiger partial charge on any atom is 0.328 e. The molecule has 1 fully saturated rings. The minimum Gasteiger partial charge on any atom is -0.478 e. The van der Waals surface area contributed by atoms with Crippen molar-refractivity contribution in [2.45, 2.75) is 31.5 Å². The third kappa shape index (κ3) is 8.70. The molecule has 0 radical (unpaired) electrons. The summed E-state index contributed by atoms with van der Waals surface area (Å²) >= 11 is 0. The number of carboxylic acid groups (broad SMARTS) is 2. The molecule has 0 bridgehead atoms. The van der Waals surface area contributed by atoms with Gasteiger partial charge in [-0.1, -0.05) is 66.7 Å². The Morgan fingerprint density at radius 1 is 0.897 bits per heavy atom. The first-order chi connectivity index (χ1) is 19.0. The van der Waals surface area contributed by atoms with Crippen molar-refractivity contribution >= 4 is 11.9 Å². The Hall–Kier alpha value is -4.14. The van der Waals surface area contributed by atoms with E-state index in [1.807, 2.05) is 6.07 Å². The van der Waals surface area contributed by atoms with Gasteiger partial charge < -0.3 is 29.3 Å². The molecule has 1 saturated heterocycles. The van der Waals surface area contributed by atoms with E-state index in [4.69, 9.17) is 24.4 Å². The maximum absolute atomic E-state index is 9.55. The number of fused-ring (bicyclic) bond motifs is 1. The number of carboxylic acids is 2. The van der Waals surface area contributed by atoms with Gasteiger partial charge in [0.2, 0.25) is 6.79 Å². The van der Waals surface area contributed by atoms with Crippen molar-refractivity contribution in [1.29, 1.82) is 0 Å². The van der Waals surface area contributed by atoms with Gasteiger partial charge >= 0.3 is 11.9 Å². The molecule has 8 nitrogen and oxygen atoms in total. The first kappa shape index (κ1) is 27.9. The number of nitrogens with zero attached hydrogens (tertiary/aromatic N) is 1. The molecule has 0 unspecified atom stereocenters. The van der Waals surface area contributed by atoms with E-state index in [0.29, 0.717) is 18.9 Å². The number of carbonyl (C=O) groups is 2. The lowest BCUT2D eigenvalue weighted by Gasteiger charge is -2.35. The lowest BCUT2D eigenvalue weighted by molar-refractivity contribution is -0.134. The monoisotopic (exact) mass is 531 g/mol. The van der Waals surface area contributed by atoms with E-state index in [2.05, 4.69) is 77.7 Å². The molecule has 3 aromatic carbocycles. The summed E-state index contributed by atoms with van der Waals surface area (Å²) in [5.41, 5.74) is 3.72. The highest BCUT2D eigenvalue weighted by Crippen LogP contribution is 2.33. The van der Waals surface area contributed by atoms with Crippen LogP contribution in [-0.4, -0.2) is 59.6 Å². The van der Waals surface area contributed by atoms with Gasteiger partial charge in [-0.15, -0.1) is 0 Å². The molecule has 0 aliphatic carbocycles. The van der Waals surface area contributed by atoms with E-state index in [1.54, 1.807) is 0 Å². The first-order valence-corrected chi connectivity index (χ1v) is 13.0. The second kappa shape index (κ2) is 14.1. The van der Waals surface area contributed by atoms with Crippen LogP contribution in [-0.2, 0) is 20.7 Å². The number of hydrogen-bond acceptors (Lipinski definition) is 6. The zero-order chi connectivity index (χ0) is 27.5. The first-order valence-electron chi connectivity index (χ1n) is 13.0. The van der Waals surface area contributed by atoms with E-state index in [-0.39, 0.29) is 12.2 Å². The molecule has 2 heterocycles. The zero-order valence-corrected chi connectivity index (χ0v) is 21.6. The highest BCUT2D eigenvalue weighted by Gasteiger charge is 2.25. The van der Waals surface area contributed by atoms with Crippen LogP contribution in [0.5, 0.6) is 11.5 Å². The van der Waals surface area contributed by atoms with Crippen molar-refractivity contribution in [2.75, 3.05) is 26.4 Å². The predicted octanol–water partition coefficient (Wildman–Crippen LogP) is 4.94. The topological polar surface area (TPSA) is 106 Å². The van der Waals surface area contributed by atoms with Crippen LogP contribution < -0.4 is 9.47 Å². The number of likely N-dealkylation sites (tertiary alicyclic amines) is 1. The molecule has 5 rings (SSSR count). The summed E-state index contributed by atoms with van der Waals surface area (Å²) < 4.78 is 17.7. The van der Waals surface area contributed by atoms with Crippen LogP contribution in [0, 0.1) is 0 Å². The predicted molar refractivity (Wildman–Crippen MR) is 146 cm³/mol. The summed E-state index contributed by atoms with van der Waals surface area (Å²) in [5, 5.41) is 15.6. The maximum atomic E-state index is 9.55. The number of piperidine rings is 1. The van der Waals surface area contributed by atoms with Gasteiger partial charge in [-0.25, -0.2) is 9.59 Å². The molecule has 204 valence electrons. The molecule has 0 saturated carbocycles. The Morgan fingerprint density at radius 2 is 1.51 bits per heavy atom. The van der Waals surface area contributed by atoms with Gasteiger partial charge in [0, 0.05) is 25.2 Å². The lowest BCUT2D eigenvalue weighted by atomic mass is 10.00. The quantitative estimate of drug-likeness (QED) is 0.374. The van der Waals surface area contributed by atoms with Crippen LogP contribution in [0.2, 0.25) is 0 Å². The minimum absolute atomic E-state index is 0.0267. The molecule has 2 N–H and O–H groups in total. The van der Waals surface area contributed by atoms with E-state index in [9.17, 15) is 9.59 Å². The molecule has 0 aromatic heterocycles. The summed E-state index contributed by atoms with van der Waals surface area (Å²) in [4.78, 5) is 21.6. The summed E-state index contributed by atoms with van der Waals surface area (Å²) in [6.45, 7) is 3.46. The third-order valence-corrected chi connectivity index (χ3v) is 6.52. The van der Waals surface area contributed by atoms with Crippen molar-refractivity contribution in [3.8, 4) is 11.5 Å². The van der Waals surface area contributed by atoms with Crippen LogP contribution in [0.1, 0.15) is 35.6 Å². The molecule has 2 aliphatic heterocycles. The lowest BCUT2D eigenvalue weighted by Crippen LogP contribution is -2.41. The fraction of sp³-hybridized carbons (Fsp3) is 0.290. The van der Waals surface area contributed by atoms with Crippen LogP contribution in [0.3, 0.4) is 0 Å². The summed E-state index contributed by atoms with van der Waals surface area (Å²) in [6.07, 6.45) is 4.60. The molecule has 1 atom stereocenters. The van der Waals surface area contributed by atoms with Gasteiger partial charge in [0.15, 0.2) is 11.5 Å². The SMILES string of the molecule is O=C(O)/C=C/C(=O)O.c1ccc(C(O[C@H]2CCCN(CCc3ccc4c(c3)OCO4)C2)c2ccccc2)cc1. The van der Waals surface area contributed by atoms with Crippen LogP contribution in [0.4, 0.5) is 0 Å². The van der Waals surface area contributed by atoms with Gasteiger partial charge in [-0.2, -0.15) is 0 Å². The van der Waals surface area contributed by atoms with Crippen molar-refractivity contribution in [1.82, 2.24) is 4.90 Å². The Bertz CT molecular complexity index is 1190. The zero-order valence-electron chi connectivity index (χ0n) is 21.6. The number of hydrogen-bond donors (Lipinski definition) is 2. The molecule has 8 heteroatoms. The molecular formula is C31H33NO7. The average Bonchev–Trinajstić information content (AvgIpc) is 3.43. The fourth-order valence-electron chi connectivity index (χ4n) is 4.65. The van der Waals surface area contributed by atoms with E-state index in [0.717, 1.165) is 44.0 Å². The van der Waals surface area contributed by atoms with E-state index < -0.39 is 11.9 Å². The second-order valence-electron chi connectivity index (χ2n) is 9.35. The van der Waals surface area contributed by atoms with Gasteiger partial charge in [-0.05, 0) is 54.6 Å². The van der Waals surface area contributed by atoms with E-state index >= 15 is 0 Å². The third-order valence-electron chi connectivity index (χ3n) is 6.52. The molecular weight excluding hydrogens is 498 g/mol. The molecule has 0 spiro atoms. The summed E-state index contributed by atoms with van der Waals surface area (Å²) in [6, 6.07) is 27.4. The largest absolute Gasteiger partial charge is 0.478 e. The van der Waals surface area contributed by atoms with Gasteiger partial charge in [0.25, 0.3) is 0 Å². The molecule has 3 aromatic rings. The molecule has 0 amide bonds. The van der Waals surface area contributed by atoms with Gasteiger partial charge in [-0.3, -0.25) is 0 Å². The number of ether oxygens (including phenoxy) is 3. The van der Waals surface area contributed by atoms with Crippen molar-refractivity contribution in [2.24, 2.45) is 0 Å². The second-order valence-corrected chi connectivity index (χ2v) is 9.35. The smallest absolute Gasteiger partial charge is 0.328 e. The number of benzene rings is 3. The van der Waals surface area contributed by atoms with Crippen LogP contribution in [0.25, 0.3) is 0 Å². The van der Waals surface area contributed by atoms with Crippen molar-refractivity contribution < 1.29 is 34.0 Å².